The van der Waals surface area contributed by atoms with Crippen molar-refractivity contribution in [2.45, 2.75) is 19.1 Å². The molecular formula is C51H53Cl5N8O6S2. The zero-order chi connectivity index (χ0) is 50.7. The van der Waals surface area contributed by atoms with E-state index < -0.39 is 12.2 Å². The smallest absolute Gasteiger partial charge is 0.238 e. The van der Waals surface area contributed by atoms with Gasteiger partial charge in [0.15, 0.2) is 0 Å². The maximum Gasteiger partial charge on any atom is 0.238 e. The molecule has 2 aliphatic rings. The fraction of sp³-hybridized carbons (Fsp3) is 0.333. The van der Waals surface area contributed by atoms with Crippen LogP contribution in [0.2, 0.25) is 25.1 Å². The van der Waals surface area contributed by atoms with E-state index in [4.69, 9.17) is 72.5 Å². The molecule has 72 heavy (non-hydrogen) atoms. The molecule has 2 saturated heterocycles. The van der Waals surface area contributed by atoms with Crippen LogP contribution in [0.25, 0.3) is 31.0 Å². The summed E-state index contributed by atoms with van der Waals surface area (Å²) in [5, 5.41) is 30.4. The van der Waals surface area contributed by atoms with E-state index >= 15 is 0 Å². The minimum absolute atomic E-state index is 0.113. The Bertz CT molecular complexity index is 2910. The van der Waals surface area contributed by atoms with Crippen LogP contribution >= 0.6 is 80.7 Å². The fourth-order valence-corrected chi connectivity index (χ4v) is 11.1. The summed E-state index contributed by atoms with van der Waals surface area (Å²) in [5.41, 5.74) is 3.99. The molecule has 0 radical (unpaired) electrons. The third-order valence-corrected chi connectivity index (χ3v) is 15.4. The maximum absolute atomic E-state index is 12.4. The van der Waals surface area contributed by atoms with Crippen LogP contribution in [0.3, 0.4) is 0 Å². The van der Waals surface area contributed by atoms with Gasteiger partial charge in [-0.1, -0.05) is 88.3 Å². The number of piperazine rings is 2. The second-order valence-corrected chi connectivity index (χ2v) is 21.8. The van der Waals surface area contributed by atoms with Crippen molar-refractivity contribution in [1.29, 1.82) is 0 Å². The lowest BCUT2D eigenvalue weighted by Crippen LogP contribution is -2.50. The number of fused-ring (bicyclic) bond motifs is 2. The number of anilines is 2. The van der Waals surface area contributed by atoms with Crippen LogP contribution in [0, 0.1) is 6.92 Å². The van der Waals surface area contributed by atoms with Crippen LogP contribution < -0.4 is 20.1 Å². The molecule has 0 spiro atoms. The summed E-state index contributed by atoms with van der Waals surface area (Å²) in [4.78, 5) is 42.6. The Hall–Kier alpha value is -4.37. The predicted octanol–water partition coefficient (Wildman–Crippen LogP) is 9.83. The highest BCUT2D eigenvalue weighted by Gasteiger charge is 2.23. The normalized spacial score (nSPS) is 15.7. The van der Waals surface area contributed by atoms with Crippen molar-refractivity contribution in [3.63, 3.8) is 0 Å². The monoisotopic (exact) mass is 1110 g/mol. The van der Waals surface area contributed by atoms with Gasteiger partial charge in [-0.05, 0) is 61.5 Å². The standard InChI is InChI=1S/C28H28Cl2N4O3S.C23H25Cl3N4O3S/c29-20-12-21(30)14-22(13-20)31-27(36)17-34-10-8-33(9-11-34)16-23(35)18-37-24-6-7-26-25(15-24)32-28(38-26)19-4-2-1-3-5-19;1-14-27-20-10-17(2-3-21(20)34-14)33-13-16(31)11-29-4-6-30(7-5-29)12-22(32)28-15-8-18(24)23(26)19(25)9-15/h1-7,12-15,23,35H,8-11,16-18H2,(H,31,36);2-3,8-10,16,31H,4-7,11-13H2,1H3,(H,28,32). The average Bonchev–Trinajstić information content (AvgIpc) is 3.95. The maximum atomic E-state index is 12.4. The largest absolute Gasteiger partial charge is 0.491 e. The molecule has 4 N–H and O–H groups in total. The van der Waals surface area contributed by atoms with Crippen LogP contribution in [0.5, 0.6) is 11.5 Å². The molecule has 7 aromatic rings. The molecule has 0 bridgehead atoms. The Labute approximate surface area is 450 Å². The van der Waals surface area contributed by atoms with Crippen molar-refractivity contribution in [3.8, 4) is 22.1 Å². The van der Waals surface area contributed by atoms with Gasteiger partial charge in [0.25, 0.3) is 0 Å². The molecule has 2 aromatic heterocycles. The minimum Gasteiger partial charge on any atom is -0.491 e. The van der Waals surface area contributed by atoms with Crippen molar-refractivity contribution in [2.75, 3.05) is 102 Å². The van der Waals surface area contributed by atoms with E-state index in [0.717, 1.165) is 88.4 Å². The molecule has 2 unspecified atom stereocenters. The zero-order valence-electron chi connectivity index (χ0n) is 39.2. The van der Waals surface area contributed by atoms with Crippen LogP contribution in [-0.2, 0) is 9.59 Å². The number of aryl methyl sites for hydroxylation is 1. The molecule has 0 aliphatic carbocycles. The quantitative estimate of drug-likeness (QED) is 0.0642. The van der Waals surface area contributed by atoms with Gasteiger partial charge in [-0.25, -0.2) is 9.97 Å². The number of halogens is 5. The van der Waals surface area contributed by atoms with E-state index in [9.17, 15) is 19.8 Å². The van der Waals surface area contributed by atoms with Crippen LogP contribution in [-0.4, -0.2) is 156 Å². The molecular weight excluding hydrogens is 1060 g/mol. The van der Waals surface area contributed by atoms with E-state index in [-0.39, 0.29) is 43.1 Å². The topological polar surface area (TPSA) is 156 Å². The molecule has 2 atom stereocenters. The van der Waals surface area contributed by atoms with Crippen molar-refractivity contribution < 1.29 is 29.3 Å². The number of amides is 2. The van der Waals surface area contributed by atoms with Gasteiger partial charge in [0.1, 0.15) is 41.9 Å². The SMILES string of the molecule is Cc1nc2cc(OCC(O)CN3CCN(CC(=O)Nc4cc(Cl)c(Cl)c(Cl)c4)CC3)ccc2s1.O=C(CN1CCN(CC(O)COc2ccc3sc(-c4ccccc4)nc3c2)CC1)Nc1cc(Cl)cc(Cl)c1. The third kappa shape index (κ3) is 15.8. The minimum atomic E-state index is -0.622. The van der Waals surface area contributed by atoms with Gasteiger partial charge in [0, 0.05) is 105 Å². The van der Waals surface area contributed by atoms with Crippen molar-refractivity contribution in [2.24, 2.45) is 0 Å². The molecule has 2 fully saturated rings. The number of aromatic nitrogens is 2. The second kappa shape index (κ2) is 25.7. The summed E-state index contributed by atoms with van der Waals surface area (Å²) in [6.07, 6.45) is -1.23. The van der Waals surface area contributed by atoms with E-state index in [0.29, 0.717) is 56.1 Å². The average molecular weight is 1120 g/mol. The van der Waals surface area contributed by atoms with E-state index in [1.165, 1.54) is 0 Å². The highest BCUT2D eigenvalue weighted by Crippen LogP contribution is 2.34. The van der Waals surface area contributed by atoms with Gasteiger partial charge in [0.05, 0.1) is 53.6 Å². The lowest BCUT2D eigenvalue weighted by Gasteiger charge is -2.35. The zero-order valence-corrected chi connectivity index (χ0v) is 44.6. The number of nitrogens with zero attached hydrogens (tertiary/aromatic N) is 6. The van der Waals surface area contributed by atoms with Gasteiger partial charge in [0.2, 0.25) is 11.8 Å². The number of aliphatic hydroxyl groups is 2. The van der Waals surface area contributed by atoms with E-state index in [2.05, 4.69) is 47.3 Å². The molecule has 5 aromatic carbocycles. The molecule has 2 aliphatic heterocycles. The highest BCUT2D eigenvalue weighted by atomic mass is 35.5. The number of carbonyl (C=O) groups excluding carboxylic acids is 2. The van der Waals surface area contributed by atoms with Gasteiger partial charge in [-0.2, -0.15) is 0 Å². The number of hydrogen-bond donors (Lipinski definition) is 4. The Morgan fingerprint density at radius 1 is 0.597 bits per heavy atom. The molecule has 2 amide bonds. The van der Waals surface area contributed by atoms with Crippen molar-refractivity contribution in [3.05, 3.63) is 127 Å². The first kappa shape index (κ1) is 53.9. The first-order chi connectivity index (χ1) is 34.7. The Kier molecular flexibility index (Phi) is 19.3. The number of hydrogen-bond acceptors (Lipinski definition) is 14. The van der Waals surface area contributed by atoms with Gasteiger partial charge in [-0.15, -0.1) is 22.7 Å². The fourth-order valence-electron chi connectivity index (χ4n) is 8.22. The number of carbonyl (C=O) groups is 2. The number of thiazole rings is 2. The Morgan fingerprint density at radius 3 is 1.57 bits per heavy atom. The molecule has 380 valence electrons. The summed E-state index contributed by atoms with van der Waals surface area (Å²) in [6, 6.07) is 29.9. The number of ether oxygens (including phenoxy) is 2. The third-order valence-electron chi connectivity index (χ3n) is 11.7. The Balaban J connectivity index is 0.000000194. The van der Waals surface area contributed by atoms with Crippen molar-refractivity contribution >= 4 is 124 Å². The van der Waals surface area contributed by atoms with Gasteiger partial charge < -0.3 is 30.3 Å². The molecule has 21 heteroatoms. The predicted molar refractivity (Wildman–Crippen MR) is 293 cm³/mol. The number of β-amino-alcohol motifs (C(OH)–C–C–N with tert-alkyl or cyclic N) is 2. The summed E-state index contributed by atoms with van der Waals surface area (Å²) in [7, 11) is 0. The summed E-state index contributed by atoms with van der Waals surface area (Å²) < 4.78 is 13.9. The number of aliphatic hydroxyl groups excluding tert-OH is 2. The number of benzene rings is 5. The highest BCUT2D eigenvalue weighted by molar-refractivity contribution is 7.21. The summed E-state index contributed by atoms with van der Waals surface area (Å²) in [5.74, 6) is 1.14. The van der Waals surface area contributed by atoms with E-state index in [1.54, 1.807) is 53.0 Å². The summed E-state index contributed by atoms with van der Waals surface area (Å²) >= 11 is 33.3. The molecule has 4 heterocycles. The van der Waals surface area contributed by atoms with E-state index in [1.807, 2.05) is 61.5 Å². The van der Waals surface area contributed by atoms with Gasteiger partial charge in [-0.3, -0.25) is 29.2 Å². The first-order valence-electron chi connectivity index (χ1n) is 23.2. The molecule has 9 rings (SSSR count). The van der Waals surface area contributed by atoms with Crippen LogP contribution in [0.1, 0.15) is 5.01 Å². The lowest BCUT2D eigenvalue weighted by atomic mass is 10.2. The molecule has 0 saturated carbocycles. The lowest BCUT2D eigenvalue weighted by molar-refractivity contribution is -0.118. The van der Waals surface area contributed by atoms with Crippen molar-refractivity contribution in [1.82, 2.24) is 29.6 Å². The number of nitrogens with one attached hydrogen (secondary N) is 2. The molecule has 14 nitrogen and oxygen atoms in total. The second-order valence-electron chi connectivity index (χ2n) is 17.5. The first-order valence-corrected chi connectivity index (χ1v) is 26.7. The van der Waals surface area contributed by atoms with Crippen LogP contribution in [0.4, 0.5) is 11.4 Å². The van der Waals surface area contributed by atoms with Gasteiger partial charge >= 0.3 is 0 Å². The number of rotatable bonds is 17. The van der Waals surface area contributed by atoms with Crippen LogP contribution in [0.15, 0.2) is 97.1 Å². The summed E-state index contributed by atoms with van der Waals surface area (Å²) in [6.45, 7) is 9.93. The Morgan fingerprint density at radius 2 is 1.06 bits per heavy atom.